The highest BCUT2D eigenvalue weighted by molar-refractivity contribution is 5.97. The minimum atomic E-state index is -3.69. The van der Waals surface area contributed by atoms with Crippen molar-refractivity contribution in [3.05, 3.63) is 65.7 Å². The van der Waals surface area contributed by atoms with E-state index in [0.29, 0.717) is 61.8 Å². The number of carbonyl (C=O) groups excluding carboxylic acids is 2. The van der Waals surface area contributed by atoms with E-state index in [9.17, 15) is 23.5 Å². The van der Waals surface area contributed by atoms with Crippen LogP contribution in [0.25, 0.3) is 6.08 Å². The number of rotatable bonds is 9. The fraction of sp³-hybridized carbons (Fsp3) is 0.515. The maximum Gasteiger partial charge on any atom is 0.286 e. The fourth-order valence-electron chi connectivity index (χ4n) is 6.30. The van der Waals surface area contributed by atoms with Crippen LogP contribution in [0.15, 0.2) is 49.0 Å². The van der Waals surface area contributed by atoms with E-state index in [4.69, 9.17) is 9.47 Å². The molecule has 2 amide bonds. The van der Waals surface area contributed by atoms with Crippen molar-refractivity contribution in [2.45, 2.75) is 63.1 Å². The molecule has 1 N–H and O–H groups in total. The number of piperidine rings is 1. The number of methoxy groups -OCH3 is 1. The molecule has 0 unspecified atom stereocenters. The summed E-state index contributed by atoms with van der Waals surface area (Å²) in [4.78, 5) is 28.7. The Morgan fingerprint density at radius 1 is 1.00 bits per heavy atom. The van der Waals surface area contributed by atoms with Crippen LogP contribution >= 0.6 is 0 Å². The van der Waals surface area contributed by atoms with Gasteiger partial charge in [0.1, 0.15) is 11.5 Å². The van der Waals surface area contributed by atoms with Crippen molar-refractivity contribution in [2.24, 2.45) is 11.8 Å². The number of hydrogen-bond donors (Lipinski definition) is 1. The van der Waals surface area contributed by atoms with E-state index >= 15 is 0 Å². The minimum absolute atomic E-state index is 0.0700. The van der Waals surface area contributed by atoms with Crippen LogP contribution in [-0.2, 0) is 10.4 Å². The Kier molecular flexibility index (Phi) is 9.60. The lowest BCUT2D eigenvalue weighted by Gasteiger charge is -2.42. The monoisotopic (exact) mass is 584 g/mol. The highest BCUT2D eigenvalue weighted by Gasteiger charge is 2.58. The number of hydrogen-bond acceptors (Lipinski definition) is 5. The van der Waals surface area contributed by atoms with Gasteiger partial charge in [-0.2, -0.15) is 0 Å². The van der Waals surface area contributed by atoms with Gasteiger partial charge in [-0.3, -0.25) is 9.59 Å². The lowest BCUT2D eigenvalue weighted by molar-refractivity contribution is -0.200. The standard InChI is InChI=1S/C33H42F2N2O5/c1-6-22-20-28(14-15-29(22)30(38)36(3)4)42-26-12-10-23(11-13-26)24-16-18-37(19-17-24)31(39)33(40,32(2,34)35)25-8-7-9-27(21-25)41-5/h6-9,14-15,20-21,23-24,26,40H,1,10-13,16-19H2,2-5H3/t23?,26?,33-/m1/s1. The molecule has 1 saturated heterocycles. The van der Waals surface area contributed by atoms with Crippen LogP contribution in [0.5, 0.6) is 11.5 Å². The van der Waals surface area contributed by atoms with Gasteiger partial charge in [-0.25, -0.2) is 8.78 Å². The highest BCUT2D eigenvalue weighted by atomic mass is 19.3. The van der Waals surface area contributed by atoms with Gasteiger partial charge >= 0.3 is 0 Å². The molecule has 1 saturated carbocycles. The van der Waals surface area contributed by atoms with Crippen LogP contribution in [0.1, 0.15) is 66.9 Å². The normalized spacial score (nSPS) is 21.3. The molecule has 2 aliphatic rings. The Hall–Kier alpha value is -3.46. The van der Waals surface area contributed by atoms with Gasteiger partial charge in [0, 0.05) is 45.2 Å². The van der Waals surface area contributed by atoms with E-state index in [2.05, 4.69) is 6.58 Å². The third-order valence-corrected chi connectivity index (χ3v) is 8.83. The van der Waals surface area contributed by atoms with Crippen molar-refractivity contribution in [2.75, 3.05) is 34.3 Å². The number of nitrogens with zero attached hydrogens (tertiary/aromatic N) is 2. The zero-order valence-electron chi connectivity index (χ0n) is 24.9. The molecule has 1 aliphatic carbocycles. The summed E-state index contributed by atoms with van der Waals surface area (Å²) in [6.45, 7) is 5.06. The van der Waals surface area contributed by atoms with E-state index in [0.717, 1.165) is 31.2 Å². The second-order valence-electron chi connectivity index (χ2n) is 11.8. The Morgan fingerprint density at radius 2 is 1.64 bits per heavy atom. The maximum atomic E-state index is 14.8. The largest absolute Gasteiger partial charge is 0.497 e. The predicted octanol–water partition coefficient (Wildman–Crippen LogP) is 5.76. The van der Waals surface area contributed by atoms with Gasteiger partial charge in [0.25, 0.3) is 17.7 Å². The summed E-state index contributed by atoms with van der Waals surface area (Å²) in [5, 5.41) is 11.2. The first-order valence-corrected chi connectivity index (χ1v) is 14.6. The number of ether oxygens (including phenoxy) is 2. The minimum Gasteiger partial charge on any atom is -0.497 e. The van der Waals surface area contributed by atoms with Crippen molar-refractivity contribution in [1.82, 2.24) is 9.80 Å². The molecule has 0 spiro atoms. The molecule has 7 nitrogen and oxygen atoms in total. The first kappa shape index (κ1) is 31.5. The molecule has 2 aromatic rings. The molecule has 2 aromatic carbocycles. The summed E-state index contributed by atoms with van der Waals surface area (Å²) in [5.74, 6) is -2.90. The Bertz CT molecular complexity index is 1280. The molecule has 228 valence electrons. The predicted molar refractivity (Wildman–Crippen MR) is 158 cm³/mol. The molecule has 1 heterocycles. The summed E-state index contributed by atoms with van der Waals surface area (Å²) < 4.78 is 41.0. The number of alkyl halides is 2. The molecule has 0 bridgehead atoms. The molecule has 9 heteroatoms. The van der Waals surface area contributed by atoms with Crippen molar-refractivity contribution in [3.63, 3.8) is 0 Å². The molecular formula is C33H42F2N2O5. The maximum absolute atomic E-state index is 14.8. The number of halogens is 2. The third kappa shape index (κ3) is 6.46. The van der Waals surface area contributed by atoms with Gasteiger partial charge in [0.15, 0.2) is 0 Å². The first-order valence-electron chi connectivity index (χ1n) is 14.6. The van der Waals surface area contributed by atoms with Crippen LogP contribution < -0.4 is 9.47 Å². The first-order chi connectivity index (χ1) is 19.9. The Labute approximate surface area is 247 Å². The second kappa shape index (κ2) is 12.8. The molecule has 42 heavy (non-hydrogen) atoms. The van der Waals surface area contributed by atoms with Crippen molar-refractivity contribution >= 4 is 17.9 Å². The molecule has 2 fully saturated rings. The zero-order valence-corrected chi connectivity index (χ0v) is 24.9. The summed E-state index contributed by atoms with van der Waals surface area (Å²) >= 11 is 0. The quantitative estimate of drug-likeness (QED) is 0.406. The lowest BCUT2D eigenvalue weighted by Crippen LogP contribution is -2.57. The summed E-state index contributed by atoms with van der Waals surface area (Å²) in [6.07, 6.45) is 6.89. The smallest absolute Gasteiger partial charge is 0.286 e. The van der Waals surface area contributed by atoms with Crippen LogP contribution in [0, 0.1) is 11.8 Å². The van der Waals surface area contributed by atoms with Gasteiger partial charge in [-0.15, -0.1) is 0 Å². The third-order valence-electron chi connectivity index (χ3n) is 8.83. The molecule has 0 radical (unpaired) electrons. The number of aliphatic hydroxyl groups is 1. The summed E-state index contributed by atoms with van der Waals surface area (Å²) in [6, 6.07) is 11.2. The highest BCUT2D eigenvalue weighted by Crippen LogP contribution is 2.42. The molecular weight excluding hydrogens is 542 g/mol. The van der Waals surface area contributed by atoms with Crippen molar-refractivity contribution in [1.29, 1.82) is 0 Å². The lowest BCUT2D eigenvalue weighted by atomic mass is 9.74. The molecule has 0 aromatic heterocycles. The van der Waals surface area contributed by atoms with Crippen LogP contribution in [-0.4, -0.2) is 73.0 Å². The van der Waals surface area contributed by atoms with E-state index in [1.165, 1.54) is 35.1 Å². The second-order valence-corrected chi connectivity index (χ2v) is 11.8. The number of benzene rings is 2. The van der Waals surface area contributed by atoms with Gasteiger partial charge in [-0.05, 0) is 86.3 Å². The van der Waals surface area contributed by atoms with Gasteiger partial charge in [-0.1, -0.05) is 24.8 Å². The summed E-state index contributed by atoms with van der Waals surface area (Å²) in [5.41, 5.74) is -1.84. The van der Waals surface area contributed by atoms with Gasteiger partial charge in [0.05, 0.1) is 13.2 Å². The summed E-state index contributed by atoms with van der Waals surface area (Å²) in [7, 11) is 4.83. The van der Waals surface area contributed by atoms with Gasteiger partial charge in [0.2, 0.25) is 5.60 Å². The SMILES string of the molecule is C=Cc1cc(OC2CCC(C3CCN(C(=O)[C@](O)(c4cccc(OC)c4)C(C)(F)F)CC3)CC2)ccc1C(=O)N(C)C. The zero-order chi connectivity index (χ0) is 30.7. The molecule has 1 atom stereocenters. The van der Waals surface area contributed by atoms with E-state index < -0.39 is 17.4 Å². The van der Waals surface area contributed by atoms with E-state index in [-0.39, 0.29) is 17.6 Å². The van der Waals surface area contributed by atoms with E-state index in [1.54, 1.807) is 32.3 Å². The molecule has 1 aliphatic heterocycles. The molecule has 4 rings (SSSR count). The van der Waals surface area contributed by atoms with Crippen molar-refractivity contribution < 1.29 is 33.0 Å². The van der Waals surface area contributed by atoms with Crippen LogP contribution in [0.2, 0.25) is 0 Å². The fourth-order valence-corrected chi connectivity index (χ4v) is 6.30. The van der Waals surface area contributed by atoms with Crippen LogP contribution in [0.4, 0.5) is 8.78 Å². The van der Waals surface area contributed by atoms with E-state index in [1.807, 2.05) is 12.1 Å². The number of likely N-dealkylation sites (tertiary alicyclic amines) is 1. The number of carbonyl (C=O) groups is 2. The Balaban J connectivity index is 1.33. The Morgan fingerprint density at radius 3 is 2.21 bits per heavy atom. The average Bonchev–Trinajstić information content (AvgIpc) is 2.99. The average molecular weight is 585 g/mol. The van der Waals surface area contributed by atoms with Crippen molar-refractivity contribution in [3.8, 4) is 11.5 Å². The number of amides is 2. The van der Waals surface area contributed by atoms with Gasteiger partial charge < -0.3 is 24.4 Å². The van der Waals surface area contributed by atoms with Crippen LogP contribution in [0.3, 0.4) is 0 Å². The topological polar surface area (TPSA) is 79.3 Å².